The first-order chi connectivity index (χ1) is 13.3. The average molecular weight is 362 g/mol. The van der Waals surface area contributed by atoms with Crippen molar-refractivity contribution in [2.45, 2.75) is 20.3 Å². The Bertz CT molecular complexity index is 852. The van der Waals surface area contributed by atoms with E-state index in [0.717, 1.165) is 45.9 Å². The van der Waals surface area contributed by atoms with Gasteiger partial charge in [-0.15, -0.1) is 0 Å². The van der Waals surface area contributed by atoms with Crippen molar-refractivity contribution in [3.05, 3.63) is 66.7 Å². The minimum Gasteiger partial charge on any atom is -0.497 e. The van der Waals surface area contributed by atoms with Crippen LogP contribution in [0, 0.1) is 0 Å². The summed E-state index contributed by atoms with van der Waals surface area (Å²) in [5.41, 5.74) is 4.46. The Morgan fingerprint density at radius 3 is 2.00 bits per heavy atom. The quantitative estimate of drug-likeness (QED) is 0.476. The summed E-state index contributed by atoms with van der Waals surface area (Å²) in [5.74, 6) is 2.62. The van der Waals surface area contributed by atoms with Gasteiger partial charge in [0.05, 0.1) is 20.3 Å². The van der Waals surface area contributed by atoms with Crippen molar-refractivity contribution in [2.75, 3.05) is 20.3 Å². The van der Waals surface area contributed by atoms with E-state index in [-0.39, 0.29) is 0 Å². The van der Waals surface area contributed by atoms with Crippen LogP contribution in [-0.2, 0) is 0 Å². The van der Waals surface area contributed by atoms with E-state index in [1.165, 1.54) is 0 Å². The third kappa shape index (κ3) is 4.43. The Morgan fingerprint density at radius 2 is 1.37 bits per heavy atom. The third-order valence-corrected chi connectivity index (χ3v) is 4.34. The van der Waals surface area contributed by atoms with Gasteiger partial charge < -0.3 is 14.2 Å². The van der Waals surface area contributed by atoms with E-state index in [0.29, 0.717) is 13.2 Å². The molecule has 0 amide bonds. The van der Waals surface area contributed by atoms with Gasteiger partial charge in [0.1, 0.15) is 17.2 Å². The van der Waals surface area contributed by atoms with Gasteiger partial charge in [-0.1, -0.05) is 43.3 Å². The summed E-state index contributed by atoms with van der Waals surface area (Å²) in [4.78, 5) is 0. The smallest absolute Gasteiger partial charge is 0.127 e. The predicted octanol–water partition coefficient (Wildman–Crippen LogP) is 6.22. The molecule has 0 unspecified atom stereocenters. The molecule has 0 heterocycles. The third-order valence-electron chi connectivity index (χ3n) is 4.34. The minimum absolute atomic E-state index is 0.663. The first kappa shape index (κ1) is 18.8. The van der Waals surface area contributed by atoms with Crippen LogP contribution < -0.4 is 14.2 Å². The Hall–Kier alpha value is -2.94. The summed E-state index contributed by atoms with van der Waals surface area (Å²) in [6, 6.07) is 22.5. The topological polar surface area (TPSA) is 27.7 Å². The second kappa shape index (κ2) is 9.13. The normalized spacial score (nSPS) is 10.5. The SMILES string of the molecule is CCCOc1cccc(-c2ccc(OCC)cc2)c1-c1ccc(OC)cc1. The van der Waals surface area contributed by atoms with Crippen LogP contribution in [0.3, 0.4) is 0 Å². The summed E-state index contributed by atoms with van der Waals surface area (Å²) in [5, 5.41) is 0. The van der Waals surface area contributed by atoms with Gasteiger partial charge >= 0.3 is 0 Å². The first-order valence-corrected chi connectivity index (χ1v) is 9.40. The van der Waals surface area contributed by atoms with Gasteiger partial charge in [0.15, 0.2) is 0 Å². The van der Waals surface area contributed by atoms with Crippen LogP contribution in [0.2, 0.25) is 0 Å². The Labute approximate surface area is 161 Å². The highest BCUT2D eigenvalue weighted by molar-refractivity contribution is 5.87. The molecule has 3 rings (SSSR count). The largest absolute Gasteiger partial charge is 0.497 e. The maximum atomic E-state index is 6.07. The first-order valence-electron chi connectivity index (χ1n) is 9.40. The molecule has 0 fully saturated rings. The van der Waals surface area contributed by atoms with Crippen LogP contribution in [0.15, 0.2) is 66.7 Å². The molecule has 0 atom stereocenters. The van der Waals surface area contributed by atoms with Gasteiger partial charge in [-0.25, -0.2) is 0 Å². The molecule has 0 aliphatic heterocycles. The van der Waals surface area contributed by atoms with Crippen molar-refractivity contribution in [2.24, 2.45) is 0 Å². The molecule has 0 bridgehead atoms. The van der Waals surface area contributed by atoms with E-state index in [2.05, 4.69) is 37.3 Å². The lowest BCUT2D eigenvalue weighted by Gasteiger charge is -2.17. The highest BCUT2D eigenvalue weighted by Gasteiger charge is 2.14. The zero-order chi connectivity index (χ0) is 19.1. The molecule has 27 heavy (non-hydrogen) atoms. The monoisotopic (exact) mass is 362 g/mol. The molecule has 3 heteroatoms. The fraction of sp³-hybridized carbons (Fsp3) is 0.250. The van der Waals surface area contributed by atoms with Crippen LogP contribution in [0.1, 0.15) is 20.3 Å². The molecule has 140 valence electrons. The molecule has 0 aliphatic carbocycles. The molecule has 3 aromatic carbocycles. The van der Waals surface area contributed by atoms with Crippen molar-refractivity contribution in [1.29, 1.82) is 0 Å². The maximum Gasteiger partial charge on any atom is 0.127 e. The molecule has 0 saturated heterocycles. The fourth-order valence-corrected chi connectivity index (χ4v) is 3.06. The van der Waals surface area contributed by atoms with Crippen molar-refractivity contribution < 1.29 is 14.2 Å². The molecular weight excluding hydrogens is 336 g/mol. The Morgan fingerprint density at radius 1 is 0.704 bits per heavy atom. The van der Waals surface area contributed by atoms with Crippen LogP contribution in [0.5, 0.6) is 17.2 Å². The molecule has 0 N–H and O–H groups in total. The summed E-state index contributed by atoms with van der Waals surface area (Å²) >= 11 is 0. The van der Waals surface area contributed by atoms with E-state index in [1.54, 1.807) is 7.11 Å². The van der Waals surface area contributed by atoms with Crippen molar-refractivity contribution in [3.8, 4) is 39.5 Å². The maximum absolute atomic E-state index is 6.07. The Kier molecular flexibility index (Phi) is 6.37. The molecule has 0 aliphatic rings. The zero-order valence-corrected chi connectivity index (χ0v) is 16.2. The van der Waals surface area contributed by atoms with E-state index in [4.69, 9.17) is 14.2 Å². The highest BCUT2D eigenvalue weighted by atomic mass is 16.5. The number of methoxy groups -OCH3 is 1. The summed E-state index contributed by atoms with van der Waals surface area (Å²) in [6.45, 7) is 5.46. The molecule has 3 nitrogen and oxygen atoms in total. The second-order valence-corrected chi connectivity index (χ2v) is 6.21. The van der Waals surface area contributed by atoms with E-state index in [9.17, 15) is 0 Å². The number of benzene rings is 3. The van der Waals surface area contributed by atoms with E-state index < -0.39 is 0 Å². The molecule has 0 spiro atoms. The molecule has 0 saturated carbocycles. The molecule has 3 aromatic rings. The lowest BCUT2D eigenvalue weighted by atomic mass is 9.93. The van der Waals surface area contributed by atoms with E-state index in [1.807, 2.05) is 43.3 Å². The second-order valence-electron chi connectivity index (χ2n) is 6.21. The molecule has 0 radical (unpaired) electrons. The highest BCUT2D eigenvalue weighted by Crippen LogP contribution is 2.40. The van der Waals surface area contributed by atoms with Gasteiger partial charge in [-0.2, -0.15) is 0 Å². The molecule has 0 aromatic heterocycles. The lowest BCUT2D eigenvalue weighted by molar-refractivity contribution is 0.319. The number of hydrogen-bond acceptors (Lipinski definition) is 3. The number of rotatable bonds is 8. The lowest BCUT2D eigenvalue weighted by Crippen LogP contribution is -1.98. The minimum atomic E-state index is 0.663. The molecular formula is C24H26O3. The fourth-order valence-electron chi connectivity index (χ4n) is 3.06. The van der Waals surface area contributed by atoms with Crippen molar-refractivity contribution in [1.82, 2.24) is 0 Å². The summed E-state index contributed by atoms with van der Waals surface area (Å²) in [6.07, 6.45) is 0.968. The van der Waals surface area contributed by atoms with Crippen LogP contribution >= 0.6 is 0 Å². The summed E-state index contributed by atoms with van der Waals surface area (Å²) in [7, 11) is 1.68. The summed E-state index contributed by atoms with van der Waals surface area (Å²) < 4.78 is 16.9. The van der Waals surface area contributed by atoms with Crippen LogP contribution in [-0.4, -0.2) is 20.3 Å². The zero-order valence-electron chi connectivity index (χ0n) is 16.2. The van der Waals surface area contributed by atoms with Crippen LogP contribution in [0.25, 0.3) is 22.3 Å². The van der Waals surface area contributed by atoms with Crippen molar-refractivity contribution >= 4 is 0 Å². The van der Waals surface area contributed by atoms with Gasteiger partial charge in [0, 0.05) is 5.56 Å². The average Bonchev–Trinajstić information content (AvgIpc) is 2.73. The van der Waals surface area contributed by atoms with Crippen molar-refractivity contribution in [3.63, 3.8) is 0 Å². The van der Waals surface area contributed by atoms with Crippen LogP contribution in [0.4, 0.5) is 0 Å². The van der Waals surface area contributed by atoms with E-state index >= 15 is 0 Å². The van der Waals surface area contributed by atoms with Gasteiger partial charge in [0.2, 0.25) is 0 Å². The standard InChI is InChI=1S/C24H26O3/c1-4-17-27-23-8-6-7-22(18-9-15-21(16-10-18)26-5-2)24(23)19-11-13-20(25-3)14-12-19/h6-16H,4-5,17H2,1-3H3. The van der Waals surface area contributed by atoms with Gasteiger partial charge in [-0.3, -0.25) is 0 Å². The van der Waals surface area contributed by atoms with Gasteiger partial charge in [-0.05, 0) is 60.4 Å². The Balaban J connectivity index is 2.09. The number of hydrogen-bond donors (Lipinski definition) is 0. The van der Waals surface area contributed by atoms with Gasteiger partial charge in [0.25, 0.3) is 0 Å². The predicted molar refractivity (Wildman–Crippen MR) is 111 cm³/mol. The number of ether oxygens (including phenoxy) is 3.